The van der Waals surface area contributed by atoms with E-state index in [9.17, 15) is 14.4 Å². The van der Waals surface area contributed by atoms with Crippen molar-refractivity contribution in [2.75, 3.05) is 120 Å². The number of piperazine rings is 2. The maximum atomic E-state index is 12.1. The summed E-state index contributed by atoms with van der Waals surface area (Å²) in [6.45, 7) is 23.4. The molecule has 0 radical (unpaired) electrons. The number of hydrogen-bond donors (Lipinski definition) is 0. The van der Waals surface area contributed by atoms with Crippen LogP contribution in [0.2, 0.25) is 0 Å². The molecule has 0 saturated carbocycles. The van der Waals surface area contributed by atoms with E-state index < -0.39 is 0 Å². The number of benzene rings is 6. The summed E-state index contributed by atoms with van der Waals surface area (Å²) >= 11 is 0. The van der Waals surface area contributed by atoms with Crippen LogP contribution in [0.15, 0.2) is 197 Å². The number of likely N-dealkylation sites (N-methyl/N-ethyl adjacent to an activating group) is 5. The highest BCUT2D eigenvalue weighted by molar-refractivity contribution is 5.94. The van der Waals surface area contributed by atoms with Gasteiger partial charge in [-0.2, -0.15) is 20.4 Å². The Balaban J connectivity index is 0.000000157. The van der Waals surface area contributed by atoms with E-state index in [1.807, 2.05) is 104 Å². The SMILES string of the molecule is CCc1ccc(-c2nn(C)c(=O)c3ccccc23)cc1.CN1CCN(C)CC1.CN1CCN(Cc2ccccc2)CC1.CN1CCOCC1.CN1CCc2ccccc2C1.Cc1cc(C)n(C)n1.Cn1nc(-c2ccccc2)c2ccccc2c1=O.Cn1ncccc1=O. The van der Waals surface area contributed by atoms with Crippen molar-refractivity contribution in [2.24, 2.45) is 28.2 Å². The van der Waals surface area contributed by atoms with Gasteiger partial charge in [0, 0.05) is 153 Å². The normalized spacial score (nSPS) is 15.1. The Bertz CT molecular complexity index is 4010. The molecule has 3 fully saturated rings. The average Bonchev–Trinajstić information content (AvgIpc) is 0.908. The van der Waals surface area contributed by atoms with Crippen LogP contribution in [0.3, 0.4) is 0 Å². The summed E-state index contributed by atoms with van der Waals surface area (Å²) in [7, 11) is 17.8. The number of aromatic nitrogens is 8. The Morgan fingerprint density at radius 2 is 0.862 bits per heavy atom. The number of ether oxygens (including phenoxy) is 1. The predicted octanol–water partition coefficient (Wildman–Crippen LogP) is 9.50. The first-order valence-electron chi connectivity index (χ1n) is 32.7. The molecule has 0 atom stereocenters. The predicted molar refractivity (Wildman–Crippen MR) is 385 cm³/mol. The summed E-state index contributed by atoms with van der Waals surface area (Å²) in [5, 5.41) is 19.8. The van der Waals surface area contributed by atoms with Gasteiger partial charge in [0.15, 0.2) is 0 Å². The van der Waals surface area contributed by atoms with Gasteiger partial charge >= 0.3 is 0 Å². The van der Waals surface area contributed by atoms with Crippen LogP contribution in [-0.4, -0.2) is 189 Å². The van der Waals surface area contributed by atoms with Gasteiger partial charge in [-0.3, -0.25) is 24.0 Å². The lowest BCUT2D eigenvalue weighted by Crippen LogP contribution is -2.43. The Morgan fingerprint density at radius 3 is 1.30 bits per heavy atom. The zero-order valence-electron chi connectivity index (χ0n) is 57.7. The summed E-state index contributed by atoms with van der Waals surface area (Å²) in [5.41, 5.74) is 11.6. The van der Waals surface area contributed by atoms with Crippen LogP contribution in [-0.2, 0) is 58.9 Å². The van der Waals surface area contributed by atoms with E-state index in [0.29, 0.717) is 10.8 Å². The molecule has 0 spiro atoms. The standard InChI is InChI=1S/C17H16N2O.C15H12N2O.C12H18N2.C10H13N.C6H14N2.C6H10N2.C5H6N2O.C5H11NO/c1-3-12-8-10-13(11-9-12)16-14-6-4-5-7-15(14)17(20)19(2)18-16;1-17-15(18)13-10-6-5-9-12(13)14(16-17)11-7-3-2-4-8-11;1-13-7-9-14(10-8-13)11-12-5-3-2-4-6-12;1-11-7-6-9-4-2-3-5-10(9)8-11;1-7-3-5-8(2)6-4-7;1-5-4-6(2)8(3)7-5;1-7-5(8)3-2-4-6-7;1-6-2-4-7-5-3-6/h4-11H,3H2,1-2H3;2-10H,1H3;2-6H,7-11H2,1H3;2-5H,6-8H2,1H3;3-6H2,1-2H3;4H,1-3H3;2-4H,1H3;2-5H2,1H3. The molecule has 94 heavy (non-hydrogen) atoms. The molecule has 4 aliphatic heterocycles. The van der Waals surface area contributed by atoms with E-state index in [1.165, 1.54) is 113 Å². The number of hydrogen-bond acceptors (Lipinski definition) is 14. The van der Waals surface area contributed by atoms with Gasteiger partial charge in [0.05, 0.1) is 41.1 Å². The minimum Gasteiger partial charge on any atom is -0.379 e. The maximum Gasteiger partial charge on any atom is 0.274 e. The smallest absolute Gasteiger partial charge is 0.274 e. The summed E-state index contributed by atoms with van der Waals surface area (Å²) in [5.74, 6) is 0. The lowest BCUT2D eigenvalue weighted by molar-refractivity contribution is 0.0503. The largest absolute Gasteiger partial charge is 0.379 e. The Kier molecular flexibility index (Phi) is 29.4. The van der Waals surface area contributed by atoms with Crippen LogP contribution in [0.5, 0.6) is 0 Å². The van der Waals surface area contributed by atoms with Gasteiger partial charge in [0.1, 0.15) is 0 Å². The lowest BCUT2D eigenvalue weighted by atomic mass is 10.0. The van der Waals surface area contributed by atoms with Crippen LogP contribution in [0.25, 0.3) is 44.1 Å². The molecule has 498 valence electrons. The molecule has 8 heterocycles. The monoisotopic (exact) mass is 1270 g/mol. The van der Waals surface area contributed by atoms with Crippen LogP contribution in [0, 0.1) is 13.8 Å². The number of nitrogens with zero attached hydrogens (tertiary/aromatic N) is 14. The van der Waals surface area contributed by atoms with Gasteiger partial charge in [-0.05, 0) is 108 Å². The highest BCUT2D eigenvalue weighted by atomic mass is 16.5. The molecule has 0 amide bonds. The van der Waals surface area contributed by atoms with Crippen molar-refractivity contribution >= 4 is 21.5 Å². The zero-order chi connectivity index (χ0) is 67.4. The first-order valence-corrected chi connectivity index (χ1v) is 32.7. The molecule has 4 aromatic heterocycles. The van der Waals surface area contributed by atoms with Gasteiger partial charge < -0.3 is 29.2 Å². The van der Waals surface area contributed by atoms with E-state index >= 15 is 0 Å². The van der Waals surface area contributed by atoms with Crippen molar-refractivity contribution in [1.82, 2.24) is 68.5 Å². The molecule has 14 rings (SSSR count). The fraction of sp³-hybridized carbons (Fsp3) is 0.382. The molecule has 18 heteroatoms. The van der Waals surface area contributed by atoms with Gasteiger partial charge in [-0.15, -0.1) is 0 Å². The Hall–Kier alpha value is -8.59. The molecule has 10 aromatic rings. The highest BCUT2D eigenvalue weighted by Gasteiger charge is 2.15. The molecular formula is C76H100N14O4. The summed E-state index contributed by atoms with van der Waals surface area (Å²) in [4.78, 5) is 48.9. The first kappa shape index (κ1) is 72.8. The molecule has 0 bridgehead atoms. The third kappa shape index (κ3) is 23.2. The lowest BCUT2D eigenvalue weighted by Gasteiger charge is -2.32. The molecule has 0 aliphatic carbocycles. The number of rotatable bonds is 5. The highest BCUT2D eigenvalue weighted by Crippen LogP contribution is 2.26. The second kappa shape index (κ2) is 37.9. The van der Waals surface area contributed by atoms with Crippen molar-refractivity contribution in [2.45, 2.75) is 46.7 Å². The van der Waals surface area contributed by atoms with E-state index in [4.69, 9.17) is 4.74 Å². The molecular weight excluding hydrogens is 1170 g/mol. The molecule has 0 unspecified atom stereocenters. The number of morpholine rings is 1. The summed E-state index contributed by atoms with van der Waals surface area (Å²) < 4.78 is 11.0. The minimum atomic E-state index is -0.0764. The van der Waals surface area contributed by atoms with Gasteiger partial charge in [-0.25, -0.2) is 14.0 Å². The van der Waals surface area contributed by atoms with E-state index in [1.54, 1.807) is 33.4 Å². The quantitative estimate of drug-likeness (QED) is 0.161. The Morgan fingerprint density at radius 1 is 0.404 bits per heavy atom. The van der Waals surface area contributed by atoms with E-state index in [0.717, 1.165) is 84.8 Å². The summed E-state index contributed by atoms with van der Waals surface area (Å²) in [6.07, 6.45) is 3.80. The third-order valence-corrected chi connectivity index (χ3v) is 16.8. The first-order chi connectivity index (χ1) is 45.4. The van der Waals surface area contributed by atoms with Crippen LogP contribution in [0.1, 0.15) is 40.6 Å². The minimum absolute atomic E-state index is 0.0606. The van der Waals surface area contributed by atoms with Crippen molar-refractivity contribution in [1.29, 1.82) is 0 Å². The maximum absolute atomic E-state index is 12.1. The average molecular weight is 1270 g/mol. The van der Waals surface area contributed by atoms with Crippen LogP contribution >= 0.6 is 0 Å². The topological polar surface area (TPSA) is 151 Å². The van der Waals surface area contributed by atoms with Crippen molar-refractivity contribution < 1.29 is 4.74 Å². The molecule has 3 saturated heterocycles. The molecule has 18 nitrogen and oxygen atoms in total. The Labute approximate surface area is 556 Å². The van der Waals surface area contributed by atoms with Crippen LogP contribution < -0.4 is 16.7 Å². The van der Waals surface area contributed by atoms with Crippen molar-refractivity contribution in [3.63, 3.8) is 0 Å². The molecule has 0 N–H and O–H groups in total. The fourth-order valence-electron chi connectivity index (χ4n) is 10.7. The number of fused-ring (bicyclic) bond motifs is 3. The van der Waals surface area contributed by atoms with Crippen LogP contribution in [0.4, 0.5) is 0 Å². The third-order valence-electron chi connectivity index (χ3n) is 16.8. The van der Waals surface area contributed by atoms with E-state index in [2.05, 4.69) is 177 Å². The van der Waals surface area contributed by atoms with Crippen molar-refractivity contribution in [3.05, 3.63) is 247 Å². The fourth-order valence-corrected chi connectivity index (χ4v) is 10.7. The number of aryl methyl sites for hydroxylation is 7. The van der Waals surface area contributed by atoms with Crippen molar-refractivity contribution in [3.8, 4) is 22.5 Å². The molecule has 4 aliphatic rings. The molecule has 6 aromatic carbocycles. The second-order valence-electron chi connectivity index (χ2n) is 24.4. The van der Waals surface area contributed by atoms with Gasteiger partial charge in [0.2, 0.25) is 0 Å². The summed E-state index contributed by atoms with van der Waals surface area (Å²) in [6, 6.07) is 58.0. The van der Waals surface area contributed by atoms with Gasteiger partial charge in [-0.1, -0.05) is 153 Å². The van der Waals surface area contributed by atoms with E-state index in [-0.39, 0.29) is 16.7 Å². The zero-order valence-corrected chi connectivity index (χ0v) is 57.7. The second-order valence-corrected chi connectivity index (χ2v) is 24.4. The van der Waals surface area contributed by atoms with Gasteiger partial charge in [0.25, 0.3) is 16.7 Å².